The topological polar surface area (TPSA) is 169 Å². The molecule has 302 valence electrons. The molecule has 8 rings (SSSR count). The van der Waals surface area contributed by atoms with E-state index in [1.165, 1.54) is 0 Å². The number of nitrogens with zero attached hydrogens (tertiary/aromatic N) is 7. The van der Waals surface area contributed by atoms with Gasteiger partial charge in [0.2, 0.25) is 11.8 Å². The molecule has 2 saturated heterocycles. The van der Waals surface area contributed by atoms with Crippen molar-refractivity contribution in [2.24, 2.45) is 0 Å². The lowest BCUT2D eigenvalue weighted by Gasteiger charge is -2.34. The van der Waals surface area contributed by atoms with E-state index in [1.54, 1.807) is 32.4 Å². The number of unbranched alkanes of at least 4 members (excludes halogenated alkanes) is 2. The summed E-state index contributed by atoms with van der Waals surface area (Å²) < 4.78 is 3.59. The molecule has 0 bridgehead atoms. The second-order valence-corrected chi connectivity index (χ2v) is 15.7. The van der Waals surface area contributed by atoms with Crippen LogP contribution in [0.5, 0.6) is 5.75 Å². The molecule has 5 amide bonds. The van der Waals surface area contributed by atoms with Crippen molar-refractivity contribution in [2.45, 2.75) is 77.4 Å². The number of aromatic nitrogens is 4. The molecule has 5 aromatic rings. The number of imide groups is 1. The summed E-state index contributed by atoms with van der Waals surface area (Å²) in [5.41, 5.74) is 6.38. The molecule has 0 aliphatic carbocycles. The molecule has 4 N–H and O–H groups in total. The minimum Gasteiger partial charge on any atom is -0.506 e. The summed E-state index contributed by atoms with van der Waals surface area (Å²) in [6.45, 7) is 9.11. The van der Waals surface area contributed by atoms with Crippen LogP contribution >= 0.6 is 0 Å². The monoisotopic (exact) mass is 786 g/mol. The van der Waals surface area contributed by atoms with Crippen LogP contribution in [-0.4, -0.2) is 101 Å². The molecule has 0 radical (unpaired) electrons. The van der Waals surface area contributed by atoms with Gasteiger partial charge >= 0.3 is 6.03 Å². The largest absolute Gasteiger partial charge is 0.506 e. The van der Waals surface area contributed by atoms with Gasteiger partial charge in [0.15, 0.2) is 5.65 Å². The number of piperidine rings is 1. The van der Waals surface area contributed by atoms with E-state index < -0.39 is 6.04 Å². The van der Waals surface area contributed by atoms with Crippen molar-refractivity contribution >= 4 is 40.9 Å². The molecule has 0 unspecified atom stereocenters. The molecule has 15 nitrogen and oxygen atoms in total. The maximum Gasteiger partial charge on any atom is 0.321 e. The molecular weight excluding hydrogens is 737 g/mol. The number of fused-ring (bicyclic) bond motifs is 2. The Hall–Kier alpha value is -6.22. The van der Waals surface area contributed by atoms with E-state index in [1.807, 2.05) is 53.6 Å². The van der Waals surface area contributed by atoms with Crippen molar-refractivity contribution in [3.8, 4) is 11.6 Å². The van der Waals surface area contributed by atoms with E-state index in [0.29, 0.717) is 44.0 Å². The molecule has 0 saturated carbocycles. The lowest BCUT2D eigenvalue weighted by molar-refractivity contribution is -0.136. The third-order valence-corrected chi connectivity index (χ3v) is 11.5. The standard InChI is InChI=1S/C43H50N10O5/c1-28(2)34-25-45-53-37(23-38(47-40(34)53)51-18-16-32(54)26-51)44-24-29-10-12-31(13-11-29)46-43(58)50-21-19-49(20-22-50)17-5-3-4-7-30-8-6-9-33-35(30)27-52(42(33)57)36-14-15-39(55)48-41(36)56/h6,8-13,16,18,23,25-26,28,36,44,54H,3-5,7,14-15,17,19-22,24,27H2,1-2H3,(H,46,58)(H,48,55,56)/t36-/m0/s1. The number of hydrogen-bond acceptors (Lipinski definition) is 9. The number of amides is 5. The van der Waals surface area contributed by atoms with Gasteiger partial charge < -0.3 is 30.1 Å². The first-order chi connectivity index (χ1) is 28.1. The molecule has 3 aromatic heterocycles. The summed E-state index contributed by atoms with van der Waals surface area (Å²) >= 11 is 0. The summed E-state index contributed by atoms with van der Waals surface area (Å²) in [6, 6.07) is 16.5. The van der Waals surface area contributed by atoms with Gasteiger partial charge in [-0.3, -0.25) is 24.6 Å². The summed E-state index contributed by atoms with van der Waals surface area (Å²) in [5, 5.41) is 23.4. The van der Waals surface area contributed by atoms with Gasteiger partial charge in [0.25, 0.3) is 5.91 Å². The van der Waals surface area contributed by atoms with E-state index in [9.17, 15) is 24.3 Å². The number of nitrogens with one attached hydrogen (secondary N) is 3. The van der Waals surface area contributed by atoms with Crippen LogP contribution in [0.4, 0.5) is 16.3 Å². The zero-order valence-electron chi connectivity index (χ0n) is 33.0. The Morgan fingerprint density at radius 1 is 1.00 bits per heavy atom. The Labute approximate surface area is 337 Å². The SMILES string of the molecule is CC(C)c1cnn2c(NCc3ccc(NC(=O)N4CCN(CCCCCc5cccc6c5CN([C@H]5CCC(=O)NC5=O)C6=O)CC4)cc3)cc(-n3ccc(O)c3)nc12. The van der Waals surface area contributed by atoms with E-state index in [4.69, 9.17) is 4.98 Å². The minimum absolute atomic E-state index is 0.0991. The predicted octanol–water partition coefficient (Wildman–Crippen LogP) is 5.28. The van der Waals surface area contributed by atoms with Crippen LogP contribution in [-0.2, 0) is 29.1 Å². The molecule has 3 aliphatic heterocycles. The molecule has 6 heterocycles. The lowest BCUT2D eigenvalue weighted by atomic mass is 9.98. The highest BCUT2D eigenvalue weighted by Gasteiger charge is 2.39. The van der Waals surface area contributed by atoms with Crippen molar-refractivity contribution < 1.29 is 24.3 Å². The number of rotatable bonds is 13. The molecule has 0 spiro atoms. The van der Waals surface area contributed by atoms with Crippen molar-refractivity contribution in [1.29, 1.82) is 0 Å². The number of carbonyl (C=O) groups is 4. The third kappa shape index (κ3) is 8.26. The fourth-order valence-electron chi connectivity index (χ4n) is 8.15. The van der Waals surface area contributed by atoms with Gasteiger partial charge in [0.1, 0.15) is 23.4 Å². The van der Waals surface area contributed by atoms with Gasteiger partial charge in [-0.1, -0.05) is 44.5 Å². The van der Waals surface area contributed by atoms with Crippen LogP contribution in [0, 0.1) is 0 Å². The fourth-order valence-corrected chi connectivity index (χ4v) is 8.15. The number of anilines is 2. The normalized spacial score (nSPS) is 17.3. The van der Waals surface area contributed by atoms with Crippen LogP contribution < -0.4 is 16.0 Å². The Bertz CT molecular complexity index is 2330. The maximum absolute atomic E-state index is 13.2. The summed E-state index contributed by atoms with van der Waals surface area (Å²) in [7, 11) is 0. The molecule has 2 fully saturated rings. The highest BCUT2D eigenvalue weighted by atomic mass is 16.3. The van der Waals surface area contributed by atoms with Crippen molar-refractivity contribution in [2.75, 3.05) is 43.4 Å². The van der Waals surface area contributed by atoms with Crippen LogP contribution in [0.1, 0.15) is 84.5 Å². The van der Waals surface area contributed by atoms with Crippen LogP contribution in [0.25, 0.3) is 11.5 Å². The summed E-state index contributed by atoms with van der Waals surface area (Å²) in [6.07, 6.45) is 9.82. The fraction of sp³-hybridized carbons (Fsp3) is 0.395. The predicted molar refractivity (Wildman–Crippen MR) is 219 cm³/mol. The average molecular weight is 787 g/mol. The molecule has 1 atom stereocenters. The zero-order chi connectivity index (χ0) is 40.3. The molecular formula is C43H50N10O5. The average Bonchev–Trinajstić information content (AvgIpc) is 3.95. The van der Waals surface area contributed by atoms with E-state index in [0.717, 1.165) is 84.7 Å². The van der Waals surface area contributed by atoms with Crippen molar-refractivity contribution in [1.82, 2.24) is 39.2 Å². The molecule has 15 heteroatoms. The third-order valence-electron chi connectivity index (χ3n) is 11.5. The van der Waals surface area contributed by atoms with Gasteiger partial charge in [-0.15, -0.1) is 0 Å². The van der Waals surface area contributed by atoms with E-state index in [2.05, 4.69) is 45.9 Å². The number of carbonyl (C=O) groups excluding carboxylic acids is 4. The number of benzene rings is 2. The highest BCUT2D eigenvalue weighted by Crippen LogP contribution is 2.31. The number of urea groups is 1. The Morgan fingerprint density at radius 2 is 1.81 bits per heavy atom. The molecule has 2 aromatic carbocycles. The van der Waals surface area contributed by atoms with Crippen molar-refractivity contribution in [3.63, 3.8) is 0 Å². The van der Waals surface area contributed by atoms with E-state index in [-0.39, 0.29) is 41.8 Å². The first kappa shape index (κ1) is 38.6. The summed E-state index contributed by atoms with van der Waals surface area (Å²) in [5.74, 6) is 1.04. The minimum atomic E-state index is -0.602. The molecule has 58 heavy (non-hydrogen) atoms. The summed E-state index contributed by atoms with van der Waals surface area (Å²) in [4.78, 5) is 61.1. The maximum atomic E-state index is 13.2. The van der Waals surface area contributed by atoms with Gasteiger partial charge in [-0.2, -0.15) is 9.61 Å². The van der Waals surface area contributed by atoms with Crippen LogP contribution in [0.2, 0.25) is 0 Å². The second-order valence-electron chi connectivity index (χ2n) is 15.7. The Kier molecular flexibility index (Phi) is 11.1. The van der Waals surface area contributed by atoms with E-state index >= 15 is 0 Å². The zero-order valence-corrected chi connectivity index (χ0v) is 33.0. The Morgan fingerprint density at radius 3 is 2.55 bits per heavy atom. The number of aryl methyl sites for hydroxylation is 1. The highest BCUT2D eigenvalue weighted by molar-refractivity contribution is 6.05. The van der Waals surface area contributed by atoms with Crippen molar-refractivity contribution in [3.05, 3.63) is 101 Å². The number of hydrogen-bond donors (Lipinski definition) is 4. The van der Waals surface area contributed by atoms with Gasteiger partial charge in [-0.25, -0.2) is 9.78 Å². The van der Waals surface area contributed by atoms with Gasteiger partial charge in [0, 0.05) is 74.8 Å². The van der Waals surface area contributed by atoms with Gasteiger partial charge in [0.05, 0.1) is 12.4 Å². The lowest BCUT2D eigenvalue weighted by Crippen LogP contribution is -2.52. The second kappa shape index (κ2) is 16.7. The quantitative estimate of drug-likeness (QED) is 0.0916. The first-order valence-electron chi connectivity index (χ1n) is 20.2. The smallest absolute Gasteiger partial charge is 0.321 e. The van der Waals surface area contributed by atoms with Crippen LogP contribution in [0.3, 0.4) is 0 Å². The molecule has 3 aliphatic rings. The number of aromatic hydroxyl groups is 1. The number of piperazine rings is 1. The Balaban J connectivity index is 0.765. The van der Waals surface area contributed by atoms with Crippen LogP contribution in [0.15, 0.2) is 73.2 Å². The van der Waals surface area contributed by atoms with Gasteiger partial charge in [-0.05, 0) is 79.1 Å². The first-order valence-corrected chi connectivity index (χ1v) is 20.2.